The number of benzene rings is 1. The van der Waals surface area contributed by atoms with Crippen molar-refractivity contribution in [1.29, 1.82) is 0 Å². The topological polar surface area (TPSA) is 92.8 Å². The number of esters is 1. The molecule has 1 aliphatic heterocycles. The van der Waals surface area contributed by atoms with Crippen molar-refractivity contribution >= 4 is 41.0 Å². The number of nitrogens with one attached hydrogen (secondary N) is 1. The number of amides is 3. The summed E-state index contributed by atoms with van der Waals surface area (Å²) in [4.78, 5) is 49.9. The number of aryl methyl sites for hydroxylation is 2. The molecule has 1 heterocycles. The van der Waals surface area contributed by atoms with E-state index in [1.54, 1.807) is 6.07 Å². The second-order valence-electron chi connectivity index (χ2n) is 7.38. The Hall–Kier alpha value is -2.67. The molecular formula is C21H23ClN2O5. The maximum atomic E-state index is 12.4. The molecule has 154 valence electrons. The van der Waals surface area contributed by atoms with Gasteiger partial charge < -0.3 is 10.1 Å². The van der Waals surface area contributed by atoms with E-state index in [4.69, 9.17) is 16.3 Å². The van der Waals surface area contributed by atoms with Gasteiger partial charge in [0, 0.05) is 6.54 Å². The smallest absolute Gasteiger partial charge is 0.308 e. The van der Waals surface area contributed by atoms with E-state index in [9.17, 15) is 19.2 Å². The fourth-order valence-corrected chi connectivity index (χ4v) is 4.13. The first-order valence-corrected chi connectivity index (χ1v) is 9.88. The maximum Gasteiger partial charge on any atom is 0.308 e. The molecule has 2 aliphatic rings. The lowest BCUT2D eigenvalue weighted by Gasteiger charge is -2.14. The van der Waals surface area contributed by atoms with Crippen LogP contribution in [0.5, 0.6) is 0 Å². The number of hydrogen-bond acceptors (Lipinski definition) is 5. The van der Waals surface area contributed by atoms with Gasteiger partial charge >= 0.3 is 5.97 Å². The van der Waals surface area contributed by atoms with Crippen LogP contribution in [0.15, 0.2) is 24.3 Å². The minimum atomic E-state index is -0.652. The molecular weight excluding hydrogens is 396 g/mol. The van der Waals surface area contributed by atoms with Crippen molar-refractivity contribution in [2.24, 2.45) is 11.8 Å². The first kappa shape index (κ1) is 21.0. The highest BCUT2D eigenvalue weighted by Crippen LogP contribution is 2.35. The number of likely N-dealkylation sites (tertiary alicyclic amines) is 1. The number of carbonyl (C=O) groups is 4. The van der Waals surface area contributed by atoms with E-state index in [2.05, 4.69) is 5.32 Å². The predicted octanol–water partition coefficient (Wildman–Crippen LogP) is 2.78. The molecule has 0 radical (unpaired) electrons. The summed E-state index contributed by atoms with van der Waals surface area (Å²) in [5.41, 5.74) is 2.25. The zero-order chi connectivity index (χ0) is 21.1. The third-order valence-corrected chi connectivity index (χ3v) is 5.50. The van der Waals surface area contributed by atoms with Gasteiger partial charge in [-0.25, -0.2) is 0 Å². The third-order valence-electron chi connectivity index (χ3n) is 5.20. The molecule has 29 heavy (non-hydrogen) atoms. The Bertz CT molecular complexity index is 846. The lowest BCUT2D eigenvalue weighted by Crippen LogP contribution is -2.33. The standard InChI is InChI=1S/C21H23ClN2O5/c1-12-9-13(2)19(16(22)10-12)23-17(25)11-29-18(26)7-8-24-20(27)14-5-3-4-6-15(14)21(24)28/h3-4,9-10,14-15H,5-8,11H2,1-2H3,(H,23,25)/t14-,15-/m1/s1. The van der Waals surface area contributed by atoms with E-state index in [0.717, 1.165) is 16.0 Å². The molecule has 2 atom stereocenters. The predicted molar refractivity (Wildman–Crippen MR) is 107 cm³/mol. The van der Waals surface area contributed by atoms with Crippen molar-refractivity contribution < 1.29 is 23.9 Å². The maximum absolute atomic E-state index is 12.4. The minimum absolute atomic E-state index is 0.0337. The number of hydrogen-bond donors (Lipinski definition) is 1. The molecule has 1 fully saturated rings. The van der Waals surface area contributed by atoms with Crippen molar-refractivity contribution in [2.45, 2.75) is 33.1 Å². The van der Waals surface area contributed by atoms with Crippen LogP contribution in [0.2, 0.25) is 5.02 Å². The summed E-state index contributed by atoms with van der Waals surface area (Å²) < 4.78 is 4.97. The summed E-state index contributed by atoms with van der Waals surface area (Å²) in [7, 11) is 0. The SMILES string of the molecule is Cc1cc(C)c(NC(=O)COC(=O)CCN2C(=O)[C@@H]3CC=CC[C@H]3C2=O)c(Cl)c1. The quantitative estimate of drug-likeness (QED) is 0.435. The van der Waals surface area contributed by atoms with Gasteiger partial charge in [0.1, 0.15) is 0 Å². The van der Waals surface area contributed by atoms with Gasteiger partial charge in [0.15, 0.2) is 6.61 Å². The first-order chi connectivity index (χ1) is 13.8. The van der Waals surface area contributed by atoms with Crippen molar-refractivity contribution in [2.75, 3.05) is 18.5 Å². The number of halogens is 1. The number of imide groups is 1. The minimum Gasteiger partial charge on any atom is -0.456 e. The van der Waals surface area contributed by atoms with E-state index in [-0.39, 0.29) is 36.6 Å². The highest BCUT2D eigenvalue weighted by molar-refractivity contribution is 6.34. The number of carbonyl (C=O) groups excluding carboxylic acids is 4. The van der Waals surface area contributed by atoms with E-state index < -0.39 is 18.5 Å². The normalized spacial score (nSPS) is 20.6. The molecule has 0 aromatic heterocycles. The number of rotatable bonds is 6. The van der Waals surface area contributed by atoms with E-state index >= 15 is 0 Å². The molecule has 1 N–H and O–H groups in total. The molecule has 1 aliphatic carbocycles. The first-order valence-electron chi connectivity index (χ1n) is 9.50. The van der Waals surface area contributed by atoms with Crippen LogP contribution in [0, 0.1) is 25.7 Å². The second kappa shape index (κ2) is 8.78. The molecule has 3 rings (SSSR count). The Morgan fingerprint density at radius 1 is 1.14 bits per heavy atom. The van der Waals surface area contributed by atoms with Gasteiger partial charge in [-0.1, -0.05) is 29.8 Å². The Labute approximate surface area is 174 Å². The summed E-state index contributed by atoms with van der Waals surface area (Å²) in [6, 6.07) is 3.61. The second-order valence-corrected chi connectivity index (χ2v) is 7.79. The largest absolute Gasteiger partial charge is 0.456 e. The molecule has 3 amide bonds. The molecule has 0 unspecified atom stereocenters. The van der Waals surface area contributed by atoms with Gasteiger partial charge in [0.2, 0.25) is 11.8 Å². The number of allylic oxidation sites excluding steroid dienone is 2. The van der Waals surface area contributed by atoms with Crippen molar-refractivity contribution in [3.05, 3.63) is 40.4 Å². The van der Waals surface area contributed by atoms with Gasteiger partial charge in [-0.2, -0.15) is 0 Å². The van der Waals surface area contributed by atoms with E-state index in [1.807, 2.05) is 32.1 Å². The zero-order valence-corrected chi connectivity index (χ0v) is 17.1. The molecule has 1 aromatic rings. The van der Waals surface area contributed by atoms with Gasteiger partial charge in [-0.15, -0.1) is 0 Å². The average molecular weight is 419 g/mol. The lowest BCUT2D eigenvalue weighted by molar-refractivity contribution is -0.148. The van der Waals surface area contributed by atoms with Crippen molar-refractivity contribution in [3.8, 4) is 0 Å². The molecule has 1 aromatic carbocycles. The Morgan fingerprint density at radius 2 is 1.76 bits per heavy atom. The Balaban J connectivity index is 1.46. The van der Waals surface area contributed by atoms with E-state index in [0.29, 0.717) is 23.6 Å². The van der Waals surface area contributed by atoms with Crippen molar-refractivity contribution in [1.82, 2.24) is 4.90 Å². The Morgan fingerprint density at radius 3 is 2.34 bits per heavy atom. The highest BCUT2D eigenvalue weighted by Gasteiger charge is 2.46. The Kier molecular flexibility index (Phi) is 6.37. The lowest BCUT2D eigenvalue weighted by atomic mass is 9.85. The summed E-state index contributed by atoms with van der Waals surface area (Å²) in [5.74, 6) is -2.29. The molecule has 0 saturated carbocycles. The van der Waals surface area contributed by atoms with Crippen LogP contribution >= 0.6 is 11.6 Å². The summed E-state index contributed by atoms with van der Waals surface area (Å²) in [6.07, 6.45) is 4.77. The van der Waals surface area contributed by atoms with Crippen LogP contribution < -0.4 is 5.32 Å². The van der Waals surface area contributed by atoms with Crippen LogP contribution in [0.3, 0.4) is 0 Å². The van der Waals surface area contributed by atoms with Gasteiger partial charge in [-0.05, 0) is 43.9 Å². The summed E-state index contributed by atoms with van der Waals surface area (Å²) in [5, 5.41) is 3.04. The van der Waals surface area contributed by atoms with E-state index in [1.165, 1.54) is 0 Å². The third kappa shape index (κ3) is 4.67. The van der Waals surface area contributed by atoms with Crippen LogP contribution in [-0.4, -0.2) is 41.7 Å². The van der Waals surface area contributed by atoms with Crippen molar-refractivity contribution in [3.63, 3.8) is 0 Å². The number of fused-ring (bicyclic) bond motifs is 1. The van der Waals surface area contributed by atoms with Crippen LogP contribution in [-0.2, 0) is 23.9 Å². The highest BCUT2D eigenvalue weighted by atomic mass is 35.5. The monoisotopic (exact) mass is 418 g/mol. The number of nitrogens with zero attached hydrogens (tertiary/aromatic N) is 1. The molecule has 8 heteroatoms. The molecule has 0 spiro atoms. The summed E-state index contributed by atoms with van der Waals surface area (Å²) >= 11 is 6.15. The fraction of sp³-hybridized carbons (Fsp3) is 0.429. The van der Waals surface area contributed by atoms with Gasteiger partial charge in [0.25, 0.3) is 5.91 Å². The fourth-order valence-electron chi connectivity index (χ4n) is 3.76. The zero-order valence-electron chi connectivity index (χ0n) is 16.4. The summed E-state index contributed by atoms with van der Waals surface area (Å²) in [6.45, 7) is 3.21. The molecule has 1 saturated heterocycles. The molecule has 0 bridgehead atoms. The van der Waals surface area contributed by atoms with Crippen LogP contribution in [0.25, 0.3) is 0 Å². The van der Waals surface area contributed by atoms with Gasteiger partial charge in [0.05, 0.1) is 29.0 Å². The number of anilines is 1. The average Bonchev–Trinajstić information content (AvgIpc) is 2.92. The van der Waals surface area contributed by atoms with Gasteiger partial charge in [-0.3, -0.25) is 24.1 Å². The number of ether oxygens (including phenoxy) is 1. The van der Waals surface area contributed by atoms with Crippen LogP contribution in [0.4, 0.5) is 5.69 Å². The van der Waals surface area contributed by atoms with Crippen LogP contribution in [0.1, 0.15) is 30.4 Å². The molecule has 7 nitrogen and oxygen atoms in total.